The summed E-state index contributed by atoms with van der Waals surface area (Å²) >= 11 is 11.6. The number of carbonyl (C=O) groups is 1. The lowest BCUT2D eigenvalue weighted by Gasteiger charge is -2.10. The Kier molecular flexibility index (Phi) is 2.61. The lowest BCUT2D eigenvalue weighted by Crippen LogP contribution is -2.17. The largest absolute Gasteiger partial charge is 0.481 e. The summed E-state index contributed by atoms with van der Waals surface area (Å²) in [5.74, 6) is -0.756. The minimum absolute atomic E-state index is 0.323. The SMILES string of the molecule is O=C(O)C1(Cc2cnc(Cl)cc2Cl)CC1. The zero-order chi connectivity index (χ0) is 11.1. The van der Waals surface area contributed by atoms with Crippen molar-refractivity contribution in [3.8, 4) is 0 Å². The van der Waals surface area contributed by atoms with Crippen molar-refractivity contribution in [2.75, 3.05) is 0 Å². The summed E-state index contributed by atoms with van der Waals surface area (Å²) < 4.78 is 0. The van der Waals surface area contributed by atoms with Crippen LogP contribution in [0.2, 0.25) is 10.2 Å². The first kappa shape index (κ1) is 10.7. The maximum absolute atomic E-state index is 11.0. The molecule has 0 aromatic carbocycles. The van der Waals surface area contributed by atoms with Crippen molar-refractivity contribution in [2.24, 2.45) is 5.41 Å². The Bertz CT molecular complexity index is 416. The molecule has 0 unspecified atom stereocenters. The molecule has 1 aliphatic carbocycles. The van der Waals surface area contributed by atoms with Gasteiger partial charge in [-0.25, -0.2) is 4.98 Å². The number of halogens is 2. The van der Waals surface area contributed by atoms with Crippen LogP contribution in [0.4, 0.5) is 0 Å². The van der Waals surface area contributed by atoms with Gasteiger partial charge in [0.1, 0.15) is 5.15 Å². The highest BCUT2D eigenvalue weighted by Gasteiger charge is 2.50. The summed E-state index contributed by atoms with van der Waals surface area (Å²) in [4.78, 5) is 14.9. The van der Waals surface area contributed by atoms with Crippen LogP contribution < -0.4 is 0 Å². The van der Waals surface area contributed by atoms with Crippen molar-refractivity contribution in [3.05, 3.63) is 28.0 Å². The average molecular weight is 246 g/mol. The maximum atomic E-state index is 11.0. The Morgan fingerprint density at radius 3 is 2.67 bits per heavy atom. The average Bonchev–Trinajstić information content (AvgIpc) is 2.91. The van der Waals surface area contributed by atoms with Crippen LogP contribution >= 0.6 is 23.2 Å². The predicted octanol–water partition coefficient (Wildman–Crippen LogP) is 2.80. The van der Waals surface area contributed by atoms with Crippen molar-refractivity contribution in [1.29, 1.82) is 0 Å². The van der Waals surface area contributed by atoms with Gasteiger partial charge in [0.2, 0.25) is 0 Å². The van der Waals surface area contributed by atoms with Crippen LogP contribution in [0.3, 0.4) is 0 Å². The smallest absolute Gasteiger partial charge is 0.309 e. The van der Waals surface area contributed by atoms with E-state index in [-0.39, 0.29) is 0 Å². The van der Waals surface area contributed by atoms with E-state index in [4.69, 9.17) is 28.3 Å². The molecule has 1 fully saturated rings. The normalized spacial score (nSPS) is 17.5. The third-order valence-electron chi connectivity index (χ3n) is 2.73. The van der Waals surface area contributed by atoms with E-state index < -0.39 is 11.4 Å². The van der Waals surface area contributed by atoms with Crippen LogP contribution in [-0.2, 0) is 11.2 Å². The molecule has 1 saturated carbocycles. The van der Waals surface area contributed by atoms with Gasteiger partial charge in [-0.15, -0.1) is 0 Å². The molecule has 2 rings (SSSR count). The third-order valence-corrected chi connectivity index (χ3v) is 3.29. The number of pyridine rings is 1. The number of hydrogen-bond acceptors (Lipinski definition) is 2. The van der Waals surface area contributed by atoms with Crippen molar-refractivity contribution < 1.29 is 9.90 Å². The third kappa shape index (κ3) is 2.08. The fourth-order valence-electron chi connectivity index (χ4n) is 1.55. The van der Waals surface area contributed by atoms with E-state index in [0.29, 0.717) is 29.4 Å². The monoisotopic (exact) mass is 245 g/mol. The van der Waals surface area contributed by atoms with E-state index >= 15 is 0 Å². The molecule has 0 bridgehead atoms. The fraction of sp³-hybridized carbons (Fsp3) is 0.400. The van der Waals surface area contributed by atoms with Crippen LogP contribution in [0.25, 0.3) is 0 Å². The summed E-state index contributed by atoms with van der Waals surface area (Å²) in [7, 11) is 0. The van der Waals surface area contributed by atoms with E-state index in [0.717, 1.165) is 5.56 Å². The summed E-state index contributed by atoms with van der Waals surface area (Å²) in [6, 6.07) is 1.54. The molecule has 15 heavy (non-hydrogen) atoms. The number of aliphatic carboxylic acids is 1. The number of aromatic nitrogens is 1. The highest BCUT2D eigenvalue weighted by atomic mass is 35.5. The van der Waals surface area contributed by atoms with Gasteiger partial charge in [0.25, 0.3) is 0 Å². The van der Waals surface area contributed by atoms with Crippen LogP contribution in [0.15, 0.2) is 12.3 Å². The molecule has 1 aromatic heterocycles. The summed E-state index contributed by atoms with van der Waals surface area (Å²) in [5.41, 5.74) is 0.139. The number of rotatable bonds is 3. The molecule has 0 spiro atoms. The second-order valence-corrected chi connectivity index (χ2v) is 4.66. The van der Waals surface area contributed by atoms with Gasteiger partial charge < -0.3 is 5.11 Å². The van der Waals surface area contributed by atoms with Gasteiger partial charge in [0, 0.05) is 11.2 Å². The summed E-state index contributed by atoms with van der Waals surface area (Å²) in [6.45, 7) is 0. The molecule has 0 atom stereocenters. The number of hydrogen-bond donors (Lipinski definition) is 1. The summed E-state index contributed by atoms with van der Waals surface area (Å²) in [6.07, 6.45) is 3.40. The second kappa shape index (κ2) is 3.65. The number of carboxylic acids is 1. The van der Waals surface area contributed by atoms with Crippen LogP contribution in [0, 0.1) is 5.41 Å². The van der Waals surface area contributed by atoms with Crippen LogP contribution in [0.5, 0.6) is 0 Å². The van der Waals surface area contributed by atoms with E-state index in [1.807, 2.05) is 0 Å². The van der Waals surface area contributed by atoms with Crippen LogP contribution in [0.1, 0.15) is 18.4 Å². The molecule has 1 aliphatic rings. The van der Waals surface area contributed by atoms with Crippen molar-refractivity contribution in [2.45, 2.75) is 19.3 Å². The molecule has 1 heterocycles. The lowest BCUT2D eigenvalue weighted by atomic mass is 9.98. The molecule has 0 radical (unpaired) electrons. The minimum Gasteiger partial charge on any atom is -0.481 e. The Labute approximate surface area is 97.0 Å². The molecule has 0 aliphatic heterocycles. The molecule has 1 aromatic rings. The van der Waals surface area contributed by atoms with Gasteiger partial charge in [-0.2, -0.15) is 0 Å². The quantitative estimate of drug-likeness (QED) is 0.834. The minimum atomic E-state index is -0.756. The predicted molar refractivity (Wildman–Crippen MR) is 57.3 cm³/mol. The van der Waals surface area contributed by atoms with E-state index in [2.05, 4.69) is 4.98 Å². The van der Waals surface area contributed by atoms with Gasteiger partial charge >= 0.3 is 5.97 Å². The lowest BCUT2D eigenvalue weighted by molar-refractivity contribution is -0.143. The topological polar surface area (TPSA) is 50.2 Å². The van der Waals surface area contributed by atoms with Crippen molar-refractivity contribution >= 4 is 29.2 Å². The zero-order valence-corrected chi connectivity index (χ0v) is 9.35. The highest BCUT2D eigenvalue weighted by molar-refractivity contribution is 6.34. The Morgan fingerprint density at radius 2 is 2.20 bits per heavy atom. The molecule has 80 valence electrons. The van der Waals surface area contributed by atoms with Crippen molar-refractivity contribution in [1.82, 2.24) is 4.98 Å². The van der Waals surface area contributed by atoms with E-state index in [1.54, 1.807) is 6.20 Å². The fourth-order valence-corrected chi connectivity index (χ4v) is 1.98. The number of nitrogens with zero attached hydrogens (tertiary/aromatic N) is 1. The second-order valence-electron chi connectivity index (χ2n) is 3.86. The molecular formula is C10H9Cl2NO2. The first-order valence-corrected chi connectivity index (χ1v) is 5.32. The number of carboxylic acid groups (broad SMARTS) is 1. The molecule has 0 amide bonds. The van der Waals surface area contributed by atoms with Gasteiger partial charge in [0.15, 0.2) is 0 Å². The maximum Gasteiger partial charge on any atom is 0.309 e. The molecule has 5 heteroatoms. The van der Waals surface area contributed by atoms with Gasteiger partial charge in [-0.05, 0) is 30.9 Å². The molecule has 3 nitrogen and oxygen atoms in total. The first-order valence-electron chi connectivity index (χ1n) is 4.57. The van der Waals surface area contributed by atoms with Crippen molar-refractivity contribution in [3.63, 3.8) is 0 Å². The Hall–Kier alpha value is -0.800. The first-order chi connectivity index (χ1) is 7.03. The van der Waals surface area contributed by atoms with Crippen LogP contribution in [-0.4, -0.2) is 16.1 Å². The van der Waals surface area contributed by atoms with Gasteiger partial charge in [-0.1, -0.05) is 23.2 Å². The molecule has 1 N–H and O–H groups in total. The zero-order valence-electron chi connectivity index (χ0n) is 7.83. The van der Waals surface area contributed by atoms with E-state index in [9.17, 15) is 4.79 Å². The van der Waals surface area contributed by atoms with Gasteiger partial charge in [0.05, 0.1) is 5.41 Å². The molecule has 0 saturated heterocycles. The molecular weight excluding hydrogens is 237 g/mol. The Morgan fingerprint density at radius 1 is 1.53 bits per heavy atom. The van der Waals surface area contributed by atoms with Gasteiger partial charge in [-0.3, -0.25) is 4.79 Å². The Balaban J connectivity index is 2.21. The van der Waals surface area contributed by atoms with E-state index in [1.165, 1.54) is 6.07 Å². The summed E-state index contributed by atoms with van der Waals surface area (Å²) in [5, 5.41) is 9.83. The highest BCUT2D eigenvalue weighted by Crippen LogP contribution is 2.49. The standard InChI is InChI=1S/C10H9Cl2NO2/c11-7-3-8(12)13-5-6(7)4-10(1-2-10)9(14)15/h3,5H,1-2,4H2,(H,14,15).